The van der Waals surface area contributed by atoms with Crippen LogP contribution in [0.3, 0.4) is 0 Å². The second kappa shape index (κ2) is 8.25. The van der Waals surface area contributed by atoms with E-state index in [9.17, 15) is 21.6 Å². The van der Waals surface area contributed by atoms with Gasteiger partial charge in [-0.3, -0.25) is 4.79 Å². The zero-order chi connectivity index (χ0) is 21.2. The van der Waals surface area contributed by atoms with E-state index in [1.54, 1.807) is 6.07 Å². The molecule has 29 heavy (non-hydrogen) atoms. The van der Waals surface area contributed by atoms with Gasteiger partial charge in [-0.05, 0) is 42.2 Å². The highest BCUT2D eigenvalue weighted by atomic mass is 32.2. The number of amides is 1. The van der Waals surface area contributed by atoms with Gasteiger partial charge >= 0.3 is 0 Å². The minimum absolute atomic E-state index is 0.0299. The minimum atomic E-state index is -3.94. The lowest BCUT2D eigenvalue weighted by Crippen LogP contribution is -2.35. The Morgan fingerprint density at radius 1 is 1.10 bits per heavy atom. The monoisotopic (exact) mass is 436 g/mol. The Balaban J connectivity index is 1.79. The molecule has 3 rings (SSSR count). The van der Waals surface area contributed by atoms with Crippen LogP contribution in [0.25, 0.3) is 0 Å². The predicted octanol–water partition coefficient (Wildman–Crippen LogP) is 2.53. The Labute approximate surface area is 171 Å². The quantitative estimate of drug-likeness (QED) is 0.723. The third-order valence-corrected chi connectivity index (χ3v) is 8.08. The minimum Gasteiger partial charge on any atom is -0.322 e. The molecule has 2 aromatic carbocycles. The standard InChI is InChI=1S/C20H24N2O5S2/c1-14(2)18-8-3-4-9-19(18)21-20(23)15-6-5-7-17(12-15)29(26,27)22-16-10-11-28(24,25)13-16/h3-9,12,14,16,22H,10-11,13H2,1-2H3,(H,21,23). The number of carbonyl (C=O) groups is 1. The Morgan fingerprint density at radius 3 is 2.48 bits per heavy atom. The second-order valence-electron chi connectivity index (χ2n) is 7.45. The first-order chi connectivity index (χ1) is 13.6. The van der Waals surface area contributed by atoms with Crippen LogP contribution in [-0.4, -0.2) is 40.3 Å². The van der Waals surface area contributed by atoms with Gasteiger partial charge in [0.15, 0.2) is 9.84 Å². The van der Waals surface area contributed by atoms with E-state index in [1.165, 1.54) is 24.3 Å². The van der Waals surface area contributed by atoms with Crippen molar-refractivity contribution in [3.63, 3.8) is 0 Å². The van der Waals surface area contributed by atoms with Crippen molar-refractivity contribution in [1.29, 1.82) is 0 Å². The Bertz CT molecular complexity index is 1130. The summed E-state index contributed by atoms with van der Waals surface area (Å²) in [5.41, 5.74) is 1.86. The molecule has 1 saturated heterocycles. The highest BCUT2D eigenvalue weighted by Gasteiger charge is 2.31. The molecule has 1 fully saturated rings. The number of carbonyl (C=O) groups excluding carboxylic acids is 1. The molecule has 0 aromatic heterocycles. The van der Waals surface area contributed by atoms with Crippen LogP contribution in [-0.2, 0) is 19.9 Å². The maximum Gasteiger partial charge on any atom is 0.255 e. The van der Waals surface area contributed by atoms with Gasteiger partial charge in [0, 0.05) is 17.3 Å². The van der Waals surface area contributed by atoms with E-state index in [1.807, 2.05) is 32.0 Å². The summed E-state index contributed by atoms with van der Waals surface area (Å²) in [6.07, 6.45) is 0.244. The van der Waals surface area contributed by atoms with E-state index in [-0.39, 0.29) is 34.3 Å². The highest BCUT2D eigenvalue weighted by molar-refractivity contribution is 7.92. The third kappa shape index (κ3) is 5.23. The van der Waals surface area contributed by atoms with E-state index < -0.39 is 31.8 Å². The molecule has 0 saturated carbocycles. The molecule has 156 valence electrons. The average molecular weight is 437 g/mol. The highest BCUT2D eigenvalue weighted by Crippen LogP contribution is 2.24. The van der Waals surface area contributed by atoms with Crippen molar-refractivity contribution in [2.75, 3.05) is 16.8 Å². The van der Waals surface area contributed by atoms with E-state index in [0.29, 0.717) is 5.69 Å². The van der Waals surface area contributed by atoms with Crippen LogP contribution in [0.15, 0.2) is 53.4 Å². The van der Waals surface area contributed by atoms with Crippen LogP contribution in [0.5, 0.6) is 0 Å². The number of sulfonamides is 1. The summed E-state index contributed by atoms with van der Waals surface area (Å²) >= 11 is 0. The van der Waals surface area contributed by atoms with Gasteiger partial charge in [0.25, 0.3) is 5.91 Å². The first kappa shape index (κ1) is 21.5. The first-order valence-corrected chi connectivity index (χ1v) is 12.6. The van der Waals surface area contributed by atoms with E-state index in [2.05, 4.69) is 10.0 Å². The molecular weight excluding hydrogens is 412 g/mol. The van der Waals surface area contributed by atoms with Crippen molar-refractivity contribution >= 4 is 31.5 Å². The third-order valence-electron chi connectivity index (χ3n) is 4.79. The summed E-state index contributed by atoms with van der Waals surface area (Å²) in [7, 11) is -7.15. The van der Waals surface area contributed by atoms with Crippen molar-refractivity contribution in [3.05, 3.63) is 59.7 Å². The lowest BCUT2D eigenvalue weighted by atomic mass is 10.0. The summed E-state index contributed by atoms with van der Waals surface area (Å²) in [5.74, 6) is -0.445. The Morgan fingerprint density at radius 2 is 1.83 bits per heavy atom. The molecule has 2 N–H and O–H groups in total. The predicted molar refractivity (Wildman–Crippen MR) is 112 cm³/mol. The normalized spacial score (nSPS) is 18.7. The van der Waals surface area contributed by atoms with E-state index in [0.717, 1.165) is 5.56 Å². The molecule has 1 amide bonds. The van der Waals surface area contributed by atoms with Gasteiger partial charge in [-0.15, -0.1) is 0 Å². The summed E-state index contributed by atoms with van der Waals surface area (Å²) in [4.78, 5) is 12.6. The molecule has 2 aromatic rings. The zero-order valence-corrected chi connectivity index (χ0v) is 17.9. The van der Waals surface area contributed by atoms with Crippen LogP contribution in [0, 0.1) is 0 Å². The molecule has 1 atom stereocenters. The van der Waals surface area contributed by atoms with Gasteiger partial charge in [0.2, 0.25) is 10.0 Å². The number of hydrogen-bond donors (Lipinski definition) is 2. The van der Waals surface area contributed by atoms with E-state index in [4.69, 9.17) is 0 Å². The number of nitrogens with one attached hydrogen (secondary N) is 2. The molecule has 1 aliphatic rings. The van der Waals surface area contributed by atoms with Crippen molar-refractivity contribution in [2.24, 2.45) is 0 Å². The number of hydrogen-bond acceptors (Lipinski definition) is 5. The van der Waals surface area contributed by atoms with Crippen molar-refractivity contribution in [3.8, 4) is 0 Å². The zero-order valence-electron chi connectivity index (χ0n) is 16.3. The van der Waals surface area contributed by atoms with Crippen molar-refractivity contribution < 1.29 is 21.6 Å². The fourth-order valence-electron chi connectivity index (χ4n) is 3.29. The SMILES string of the molecule is CC(C)c1ccccc1NC(=O)c1cccc(S(=O)(=O)NC2CCS(=O)(=O)C2)c1. The molecule has 1 unspecified atom stereocenters. The molecule has 7 nitrogen and oxygen atoms in total. The molecule has 1 heterocycles. The van der Waals surface area contributed by atoms with Crippen LogP contribution >= 0.6 is 0 Å². The number of benzene rings is 2. The van der Waals surface area contributed by atoms with Crippen LogP contribution in [0.1, 0.15) is 42.1 Å². The molecule has 0 spiro atoms. The topological polar surface area (TPSA) is 109 Å². The molecular formula is C20H24N2O5S2. The lowest BCUT2D eigenvalue weighted by molar-refractivity contribution is 0.102. The van der Waals surface area contributed by atoms with Crippen LogP contribution in [0.4, 0.5) is 5.69 Å². The Kier molecular flexibility index (Phi) is 6.11. The lowest BCUT2D eigenvalue weighted by Gasteiger charge is -2.14. The van der Waals surface area contributed by atoms with Crippen molar-refractivity contribution in [1.82, 2.24) is 4.72 Å². The fraction of sp³-hybridized carbons (Fsp3) is 0.350. The number of para-hydroxylation sites is 1. The summed E-state index contributed by atoms with van der Waals surface area (Å²) in [6.45, 7) is 4.04. The molecule has 0 radical (unpaired) electrons. The number of sulfone groups is 1. The van der Waals surface area contributed by atoms with Gasteiger partial charge in [-0.2, -0.15) is 0 Å². The molecule has 9 heteroatoms. The average Bonchev–Trinajstić information content (AvgIpc) is 2.99. The fourth-order valence-corrected chi connectivity index (χ4v) is 6.38. The number of rotatable bonds is 6. The second-order valence-corrected chi connectivity index (χ2v) is 11.4. The van der Waals surface area contributed by atoms with Crippen LogP contribution < -0.4 is 10.0 Å². The van der Waals surface area contributed by atoms with Crippen LogP contribution in [0.2, 0.25) is 0 Å². The van der Waals surface area contributed by atoms with Gasteiger partial charge in [0.05, 0.1) is 16.4 Å². The first-order valence-electron chi connectivity index (χ1n) is 9.30. The van der Waals surface area contributed by atoms with E-state index >= 15 is 0 Å². The molecule has 1 aliphatic heterocycles. The Hall–Kier alpha value is -2.23. The smallest absolute Gasteiger partial charge is 0.255 e. The molecule has 0 bridgehead atoms. The van der Waals surface area contributed by atoms with Crippen molar-refractivity contribution in [2.45, 2.75) is 37.1 Å². The van der Waals surface area contributed by atoms with Gasteiger partial charge in [0.1, 0.15) is 0 Å². The maximum atomic E-state index is 12.7. The maximum absolute atomic E-state index is 12.7. The summed E-state index contributed by atoms with van der Waals surface area (Å²) < 4.78 is 50.8. The van der Waals surface area contributed by atoms with Gasteiger partial charge in [-0.25, -0.2) is 21.6 Å². The molecule has 0 aliphatic carbocycles. The summed E-state index contributed by atoms with van der Waals surface area (Å²) in [5, 5.41) is 2.84. The number of anilines is 1. The van der Waals surface area contributed by atoms with Gasteiger partial charge in [-0.1, -0.05) is 38.1 Å². The summed E-state index contributed by atoms with van der Waals surface area (Å²) in [6, 6.07) is 12.5. The largest absolute Gasteiger partial charge is 0.322 e. The van der Waals surface area contributed by atoms with Gasteiger partial charge < -0.3 is 5.32 Å².